The van der Waals surface area contributed by atoms with Crippen molar-refractivity contribution in [2.24, 2.45) is 4.99 Å². The van der Waals surface area contributed by atoms with Crippen LogP contribution in [0.1, 0.15) is 31.7 Å². The number of methoxy groups -OCH3 is 1. The Hall–Kier alpha value is -1.43. The number of aromatic nitrogens is 1. The molecule has 6 heteroatoms. The molecule has 0 saturated heterocycles. The molecule has 0 aliphatic heterocycles. The van der Waals surface area contributed by atoms with Gasteiger partial charge in [-0.15, -0.1) is 0 Å². The molecule has 1 aliphatic rings. The normalized spacial score (nSPS) is 21.7. The molecule has 2 N–H and O–H groups in total. The van der Waals surface area contributed by atoms with Crippen LogP contribution in [0.4, 0.5) is 0 Å². The number of hydrogen-bond acceptors (Lipinski definition) is 4. The first kappa shape index (κ1) is 16.9. The van der Waals surface area contributed by atoms with Crippen LogP contribution in [-0.4, -0.2) is 42.1 Å². The van der Waals surface area contributed by atoms with E-state index in [1.54, 1.807) is 13.3 Å². The van der Waals surface area contributed by atoms with Crippen LogP contribution in [0.5, 0.6) is 5.88 Å². The SMILES string of the molecule is CCNC(=NCc1ccnc(OC)c1)NC1CCC(SC)C1. The van der Waals surface area contributed by atoms with Crippen molar-refractivity contribution in [1.29, 1.82) is 0 Å². The van der Waals surface area contributed by atoms with Gasteiger partial charge in [-0.2, -0.15) is 11.8 Å². The third-order valence-corrected chi connectivity index (χ3v) is 4.93. The second kappa shape index (κ2) is 8.88. The zero-order valence-electron chi connectivity index (χ0n) is 13.6. The molecule has 0 radical (unpaired) electrons. The van der Waals surface area contributed by atoms with Crippen LogP contribution in [-0.2, 0) is 6.54 Å². The highest BCUT2D eigenvalue weighted by molar-refractivity contribution is 7.99. The molecule has 0 amide bonds. The van der Waals surface area contributed by atoms with E-state index < -0.39 is 0 Å². The lowest BCUT2D eigenvalue weighted by molar-refractivity contribution is 0.397. The first-order valence-corrected chi connectivity index (χ1v) is 9.10. The number of hydrogen-bond donors (Lipinski definition) is 2. The molecule has 122 valence electrons. The van der Waals surface area contributed by atoms with Gasteiger partial charge >= 0.3 is 0 Å². The lowest BCUT2D eigenvalue weighted by Crippen LogP contribution is -2.42. The van der Waals surface area contributed by atoms with Gasteiger partial charge in [0.15, 0.2) is 5.96 Å². The number of thioether (sulfide) groups is 1. The molecule has 1 aromatic rings. The molecule has 1 heterocycles. The fourth-order valence-corrected chi connectivity index (χ4v) is 3.43. The summed E-state index contributed by atoms with van der Waals surface area (Å²) in [4.78, 5) is 8.80. The van der Waals surface area contributed by atoms with Crippen LogP contribution in [0.25, 0.3) is 0 Å². The van der Waals surface area contributed by atoms with E-state index in [9.17, 15) is 0 Å². The van der Waals surface area contributed by atoms with Crippen molar-refractivity contribution in [2.45, 2.75) is 44.0 Å². The Kier molecular flexibility index (Phi) is 6.83. The highest BCUT2D eigenvalue weighted by Gasteiger charge is 2.24. The summed E-state index contributed by atoms with van der Waals surface area (Å²) >= 11 is 1.97. The number of pyridine rings is 1. The molecule has 2 atom stereocenters. The van der Waals surface area contributed by atoms with Crippen LogP contribution in [0.2, 0.25) is 0 Å². The number of nitrogens with zero attached hydrogens (tertiary/aromatic N) is 2. The van der Waals surface area contributed by atoms with Crippen molar-refractivity contribution in [3.63, 3.8) is 0 Å². The van der Waals surface area contributed by atoms with Gasteiger partial charge in [-0.1, -0.05) is 0 Å². The second-order valence-electron chi connectivity index (χ2n) is 5.41. The van der Waals surface area contributed by atoms with Gasteiger partial charge in [0, 0.05) is 30.1 Å². The highest BCUT2D eigenvalue weighted by atomic mass is 32.2. The highest BCUT2D eigenvalue weighted by Crippen LogP contribution is 2.28. The molecule has 0 bridgehead atoms. The summed E-state index contributed by atoms with van der Waals surface area (Å²) in [6, 6.07) is 4.42. The van der Waals surface area contributed by atoms with Gasteiger partial charge in [0.1, 0.15) is 0 Å². The Bertz CT molecular complexity index is 495. The van der Waals surface area contributed by atoms with Crippen molar-refractivity contribution in [1.82, 2.24) is 15.6 Å². The zero-order chi connectivity index (χ0) is 15.8. The van der Waals surface area contributed by atoms with Crippen molar-refractivity contribution < 1.29 is 4.74 Å². The van der Waals surface area contributed by atoms with E-state index in [2.05, 4.69) is 33.8 Å². The third kappa shape index (κ3) is 5.09. The van der Waals surface area contributed by atoms with Crippen molar-refractivity contribution in [3.8, 4) is 5.88 Å². The quantitative estimate of drug-likeness (QED) is 0.622. The van der Waals surface area contributed by atoms with E-state index in [0.29, 0.717) is 18.5 Å². The predicted molar refractivity (Wildman–Crippen MR) is 93.7 cm³/mol. The summed E-state index contributed by atoms with van der Waals surface area (Å²) < 4.78 is 5.15. The Morgan fingerprint density at radius 3 is 3.05 bits per heavy atom. The summed E-state index contributed by atoms with van der Waals surface area (Å²) in [5, 5.41) is 7.67. The van der Waals surface area contributed by atoms with Gasteiger partial charge in [-0.05, 0) is 44.1 Å². The fourth-order valence-electron chi connectivity index (χ4n) is 2.63. The maximum absolute atomic E-state index is 5.15. The molecular weight excluding hydrogens is 296 g/mol. The monoisotopic (exact) mass is 322 g/mol. The van der Waals surface area contributed by atoms with E-state index in [4.69, 9.17) is 4.74 Å². The number of guanidine groups is 1. The molecule has 1 aromatic heterocycles. The van der Waals surface area contributed by atoms with Crippen molar-refractivity contribution in [2.75, 3.05) is 19.9 Å². The summed E-state index contributed by atoms with van der Waals surface area (Å²) in [6.45, 7) is 3.57. The van der Waals surface area contributed by atoms with Crippen LogP contribution in [0.3, 0.4) is 0 Å². The molecule has 0 spiro atoms. The Morgan fingerprint density at radius 1 is 1.50 bits per heavy atom. The smallest absolute Gasteiger partial charge is 0.213 e. The van der Waals surface area contributed by atoms with Crippen LogP contribution in [0.15, 0.2) is 23.3 Å². The van der Waals surface area contributed by atoms with E-state index in [1.165, 1.54) is 19.3 Å². The van der Waals surface area contributed by atoms with Gasteiger partial charge < -0.3 is 15.4 Å². The van der Waals surface area contributed by atoms with Gasteiger partial charge in [-0.25, -0.2) is 9.98 Å². The van der Waals surface area contributed by atoms with Gasteiger partial charge in [0.25, 0.3) is 0 Å². The maximum Gasteiger partial charge on any atom is 0.213 e. The summed E-state index contributed by atoms with van der Waals surface area (Å²) in [6.07, 6.45) is 7.68. The zero-order valence-corrected chi connectivity index (χ0v) is 14.4. The van der Waals surface area contributed by atoms with E-state index >= 15 is 0 Å². The number of ether oxygens (including phenoxy) is 1. The number of aliphatic imine (C=N–C) groups is 1. The topological polar surface area (TPSA) is 58.5 Å². The first-order valence-electron chi connectivity index (χ1n) is 7.81. The Morgan fingerprint density at radius 2 is 2.36 bits per heavy atom. The average Bonchev–Trinajstić information content (AvgIpc) is 3.00. The van der Waals surface area contributed by atoms with Crippen molar-refractivity contribution in [3.05, 3.63) is 23.9 Å². The standard InChI is InChI=1S/C16H26N4OS/c1-4-17-16(20-13-5-6-14(10-13)22-3)19-11-12-7-8-18-15(9-12)21-2/h7-9,13-14H,4-6,10-11H2,1-3H3,(H2,17,19,20). The summed E-state index contributed by atoms with van der Waals surface area (Å²) in [5.74, 6) is 1.52. The van der Waals surface area contributed by atoms with Gasteiger partial charge in [-0.3, -0.25) is 0 Å². The van der Waals surface area contributed by atoms with Crippen LogP contribution >= 0.6 is 11.8 Å². The van der Waals surface area contributed by atoms with Gasteiger partial charge in [0.2, 0.25) is 5.88 Å². The number of rotatable bonds is 6. The minimum Gasteiger partial charge on any atom is -0.481 e. The van der Waals surface area contributed by atoms with E-state index in [-0.39, 0.29) is 0 Å². The summed E-state index contributed by atoms with van der Waals surface area (Å²) in [5.41, 5.74) is 1.09. The lowest BCUT2D eigenvalue weighted by Gasteiger charge is -2.17. The molecule has 5 nitrogen and oxygen atoms in total. The molecule has 1 fully saturated rings. The molecule has 0 aromatic carbocycles. The maximum atomic E-state index is 5.15. The number of nitrogens with one attached hydrogen (secondary N) is 2. The van der Waals surface area contributed by atoms with Crippen LogP contribution < -0.4 is 15.4 Å². The lowest BCUT2D eigenvalue weighted by atomic mass is 10.2. The fraction of sp³-hybridized carbons (Fsp3) is 0.625. The van der Waals surface area contributed by atoms with E-state index in [0.717, 1.165) is 23.3 Å². The first-order chi connectivity index (χ1) is 10.7. The molecule has 2 rings (SSSR count). The second-order valence-corrected chi connectivity index (χ2v) is 6.55. The largest absolute Gasteiger partial charge is 0.481 e. The minimum atomic E-state index is 0.530. The average molecular weight is 322 g/mol. The summed E-state index contributed by atoms with van der Waals surface area (Å²) in [7, 11) is 1.63. The predicted octanol–water partition coefficient (Wildman–Crippen LogP) is 2.43. The molecule has 22 heavy (non-hydrogen) atoms. The molecule has 1 saturated carbocycles. The molecule has 2 unspecified atom stereocenters. The molecule has 1 aliphatic carbocycles. The van der Waals surface area contributed by atoms with E-state index in [1.807, 2.05) is 23.9 Å². The Labute approximate surface area is 137 Å². The molecular formula is C16H26N4OS. The van der Waals surface area contributed by atoms with Crippen molar-refractivity contribution >= 4 is 17.7 Å². The van der Waals surface area contributed by atoms with Gasteiger partial charge in [0.05, 0.1) is 13.7 Å². The Balaban J connectivity index is 1.94. The minimum absolute atomic E-state index is 0.530. The third-order valence-electron chi connectivity index (χ3n) is 3.83. The van der Waals surface area contributed by atoms with Crippen LogP contribution in [0, 0.1) is 0 Å².